The first kappa shape index (κ1) is 8.31. The highest BCUT2D eigenvalue weighted by molar-refractivity contribution is 6.16. The van der Waals surface area contributed by atoms with Crippen molar-refractivity contribution < 1.29 is 9.68 Å². The van der Waals surface area contributed by atoms with Gasteiger partial charge in [0.2, 0.25) is 0 Å². The van der Waals surface area contributed by atoms with Gasteiger partial charge in [0.15, 0.2) is 0 Å². The second-order valence-corrected chi connectivity index (χ2v) is 5.82. The zero-order chi connectivity index (χ0) is 9.43. The molecule has 0 bridgehead atoms. The Bertz CT molecular complexity index is 258. The van der Waals surface area contributed by atoms with Crippen LogP contribution in [-0.2, 0) is 4.65 Å². The Balaban J connectivity index is 1.84. The normalized spacial score (nSPS) is 59.7. The maximum Gasteiger partial charge on any atom is 0.435 e. The van der Waals surface area contributed by atoms with Gasteiger partial charge in [0.25, 0.3) is 0 Å². The Labute approximate surface area is 80.0 Å². The summed E-state index contributed by atoms with van der Waals surface area (Å²) in [7, 11) is -0.104. The maximum absolute atomic E-state index is 8.79. The molecule has 0 radical (unpaired) electrons. The van der Waals surface area contributed by atoms with Crippen molar-refractivity contribution in [2.75, 3.05) is 0 Å². The summed E-state index contributed by atoms with van der Waals surface area (Å²) in [5.74, 6) is 2.65. The molecule has 5 atom stereocenters. The molecular weight excluding hydrogens is 163 g/mol. The highest BCUT2D eigenvalue weighted by Crippen LogP contribution is 2.87. The van der Waals surface area contributed by atoms with Crippen molar-refractivity contribution in [1.29, 1.82) is 0 Å². The molecule has 13 heavy (non-hydrogen) atoms. The molecule has 0 spiro atoms. The average molecular weight is 180 g/mol. The predicted octanol–water partition coefficient (Wildman–Crippen LogP) is 0.942. The molecule has 0 heterocycles. The van der Waals surface area contributed by atoms with Gasteiger partial charge in [-0.25, -0.2) is 0 Å². The van der Waals surface area contributed by atoms with Crippen LogP contribution in [0.5, 0.6) is 0 Å². The van der Waals surface area contributed by atoms with E-state index in [-0.39, 0.29) is 7.69 Å². The Morgan fingerprint density at radius 2 is 2.08 bits per heavy atom. The minimum atomic E-state index is -0.104. The molecule has 3 fully saturated rings. The lowest BCUT2D eigenvalue weighted by Crippen LogP contribution is -2.43. The van der Waals surface area contributed by atoms with E-state index in [1.807, 2.05) is 0 Å². The van der Waals surface area contributed by atoms with E-state index >= 15 is 0 Å². The Kier molecular flexibility index (Phi) is 1.27. The molecule has 72 valence electrons. The van der Waals surface area contributed by atoms with Crippen LogP contribution in [-0.4, -0.2) is 18.8 Å². The molecule has 0 aliphatic heterocycles. The first-order chi connectivity index (χ1) is 6.04. The van der Waals surface area contributed by atoms with Crippen LogP contribution in [0.3, 0.4) is 0 Å². The number of hydrogen-bond acceptors (Lipinski definition) is 2. The molecule has 1 unspecified atom stereocenters. The van der Waals surface area contributed by atoms with Crippen molar-refractivity contribution >= 4 is 7.69 Å². The molecular formula is C10H17BO2. The Morgan fingerprint density at radius 1 is 1.38 bits per heavy atom. The van der Waals surface area contributed by atoms with Crippen LogP contribution in [0, 0.1) is 28.6 Å². The molecule has 0 amide bonds. The van der Waals surface area contributed by atoms with Gasteiger partial charge in [0, 0.05) is 6.10 Å². The van der Waals surface area contributed by atoms with Crippen molar-refractivity contribution in [3.8, 4) is 0 Å². The Morgan fingerprint density at radius 3 is 2.46 bits per heavy atom. The molecule has 3 aliphatic rings. The number of fused-ring (bicyclic) bond motifs is 1. The molecule has 1 N–H and O–H groups in total. The fourth-order valence-corrected chi connectivity index (χ4v) is 4.76. The van der Waals surface area contributed by atoms with Gasteiger partial charge in [-0.05, 0) is 35.0 Å². The standard InChI is InChI=1S/C10H17BO2/c1-9(2)5-4-6(13-11-12)10(3)7(5)8(9)10/h5-8,11-12H,4H2,1-3H3/t5-,6-,7?,8+,10-/m1/s1. The van der Waals surface area contributed by atoms with Crippen molar-refractivity contribution in [2.45, 2.75) is 33.3 Å². The molecule has 0 aromatic heterocycles. The fraction of sp³-hybridized carbons (Fsp3) is 1.00. The third-order valence-corrected chi connectivity index (χ3v) is 5.27. The first-order valence-electron chi connectivity index (χ1n) is 5.27. The quantitative estimate of drug-likeness (QED) is 0.641. The third-order valence-electron chi connectivity index (χ3n) is 5.27. The molecule has 3 heteroatoms. The van der Waals surface area contributed by atoms with Gasteiger partial charge in [-0.2, -0.15) is 0 Å². The summed E-state index contributed by atoms with van der Waals surface area (Å²) < 4.78 is 5.41. The highest BCUT2D eigenvalue weighted by Gasteiger charge is 2.85. The minimum Gasteiger partial charge on any atom is -0.430 e. The highest BCUT2D eigenvalue weighted by atomic mass is 16.5. The van der Waals surface area contributed by atoms with E-state index in [0.29, 0.717) is 16.9 Å². The van der Waals surface area contributed by atoms with E-state index in [1.165, 1.54) is 6.42 Å². The molecule has 3 saturated carbocycles. The summed E-state index contributed by atoms with van der Waals surface area (Å²) in [5.41, 5.74) is 0.964. The van der Waals surface area contributed by atoms with Crippen molar-refractivity contribution in [3.63, 3.8) is 0 Å². The van der Waals surface area contributed by atoms with Gasteiger partial charge in [0.05, 0.1) is 0 Å². The van der Waals surface area contributed by atoms with E-state index in [9.17, 15) is 0 Å². The second kappa shape index (κ2) is 1.99. The van der Waals surface area contributed by atoms with Crippen molar-refractivity contribution in [1.82, 2.24) is 0 Å². The van der Waals surface area contributed by atoms with Gasteiger partial charge in [0.1, 0.15) is 0 Å². The maximum atomic E-state index is 8.79. The molecule has 0 aromatic carbocycles. The smallest absolute Gasteiger partial charge is 0.430 e. The van der Waals surface area contributed by atoms with E-state index in [4.69, 9.17) is 9.68 Å². The predicted molar refractivity (Wildman–Crippen MR) is 51.2 cm³/mol. The van der Waals surface area contributed by atoms with E-state index in [0.717, 1.165) is 17.8 Å². The lowest BCUT2D eigenvalue weighted by Gasteiger charge is -2.46. The van der Waals surface area contributed by atoms with Crippen LogP contribution in [0.15, 0.2) is 0 Å². The van der Waals surface area contributed by atoms with Gasteiger partial charge in [-0.15, -0.1) is 0 Å². The fourth-order valence-electron chi connectivity index (χ4n) is 4.76. The largest absolute Gasteiger partial charge is 0.435 e. The lowest BCUT2D eigenvalue weighted by atomic mass is 9.59. The van der Waals surface area contributed by atoms with Gasteiger partial charge >= 0.3 is 7.69 Å². The topological polar surface area (TPSA) is 29.5 Å². The summed E-state index contributed by atoms with van der Waals surface area (Å²) in [4.78, 5) is 0. The number of rotatable bonds is 2. The first-order valence-corrected chi connectivity index (χ1v) is 5.27. The monoisotopic (exact) mass is 180 g/mol. The third kappa shape index (κ3) is 0.647. The van der Waals surface area contributed by atoms with Crippen molar-refractivity contribution in [3.05, 3.63) is 0 Å². The van der Waals surface area contributed by atoms with Crippen LogP contribution in [0.1, 0.15) is 27.2 Å². The molecule has 2 nitrogen and oxygen atoms in total. The Hall–Kier alpha value is -0.0151. The van der Waals surface area contributed by atoms with Crippen LogP contribution in [0.25, 0.3) is 0 Å². The van der Waals surface area contributed by atoms with Crippen molar-refractivity contribution in [2.24, 2.45) is 28.6 Å². The average Bonchev–Trinajstić information content (AvgIpc) is 2.55. The molecule has 3 aliphatic carbocycles. The summed E-state index contributed by atoms with van der Waals surface area (Å²) in [5, 5.41) is 8.79. The van der Waals surface area contributed by atoms with Gasteiger partial charge in [-0.3, -0.25) is 0 Å². The molecule has 3 rings (SSSR count). The van der Waals surface area contributed by atoms with Gasteiger partial charge in [-0.1, -0.05) is 20.8 Å². The summed E-state index contributed by atoms with van der Waals surface area (Å²) >= 11 is 0. The zero-order valence-corrected chi connectivity index (χ0v) is 8.58. The summed E-state index contributed by atoms with van der Waals surface area (Å²) in [6, 6.07) is 0. The van der Waals surface area contributed by atoms with Crippen LogP contribution in [0.4, 0.5) is 0 Å². The van der Waals surface area contributed by atoms with Crippen LogP contribution < -0.4 is 0 Å². The second-order valence-electron chi connectivity index (χ2n) is 5.82. The van der Waals surface area contributed by atoms with Crippen LogP contribution >= 0.6 is 0 Å². The van der Waals surface area contributed by atoms with Gasteiger partial charge < -0.3 is 9.68 Å². The molecule has 0 aromatic rings. The van der Waals surface area contributed by atoms with E-state index < -0.39 is 0 Å². The van der Waals surface area contributed by atoms with E-state index in [1.54, 1.807) is 0 Å². The zero-order valence-electron chi connectivity index (χ0n) is 8.58. The minimum absolute atomic E-state index is 0.104. The number of hydrogen-bond donors (Lipinski definition) is 1. The van der Waals surface area contributed by atoms with E-state index in [2.05, 4.69) is 20.8 Å². The molecule has 0 saturated heterocycles. The SMILES string of the molecule is CC1(C)[C@@H]2C[C@@H](OBO)[C@]3(C)C2[C@@H]13. The summed E-state index contributed by atoms with van der Waals surface area (Å²) in [6.07, 6.45) is 1.51. The lowest BCUT2D eigenvalue weighted by molar-refractivity contribution is -0.0143. The van der Waals surface area contributed by atoms with Crippen LogP contribution in [0.2, 0.25) is 0 Å². The summed E-state index contributed by atoms with van der Waals surface area (Å²) in [6.45, 7) is 7.12.